The second-order valence-corrected chi connectivity index (χ2v) is 9.77. The number of hydrogen-bond acceptors (Lipinski definition) is 5. The first-order valence-electron chi connectivity index (χ1n) is 11.1. The number of nitrogens with two attached hydrogens (primary N) is 1. The number of benzene rings is 2. The van der Waals surface area contributed by atoms with Crippen LogP contribution in [-0.2, 0) is 26.2 Å². The quantitative estimate of drug-likeness (QED) is 0.580. The predicted molar refractivity (Wildman–Crippen MR) is 125 cm³/mol. The molecule has 2 amide bonds. The molecule has 0 bridgehead atoms. The molecule has 0 aromatic heterocycles. The number of likely N-dealkylation sites (tertiary alicyclic amines) is 1. The minimum Gasteiger partial charge on any atom is -0.497 e. The molecule has 0 unspecified atom stereocenters. The van der Waals surface area contributed by atoms with Crippen LogP contribution >= 0.6 is 0 Å². The van der Waals surface area contributed by atoms with Gasteiger partial charge in [0.1, 0.15) is 5.75 Å². The van der Waals surface area contributed by atoms with E-state index in [9.17, 15) is 18.0 Å². The maximum absolute atomic E-state index is 13.2. The number of nitrogens with one attached hydrogen (secondary N) is 1. The minimum atomic E-state index is -3.76. The van der Waals surface area contributed by atoms with Gasteiger partial charge in [-0.2, -0.15) is 0 Å². The molecule has 1 fully saturated rings. The summed E-state index contributed by atoms with van der Waals surface area (Å²) >= 11 is 0. The molecular weight excluding hydrogens is 442 g/mol. The topological polar surface area (TPSA) is 119 Å². The van der Waals surface area contributed by atoms with Crippen LogP contribution in [0.25, 0.3) is 0 Å². The summed E-state index contributed by atoms with van der Waals surface area (Å²) in [6, 6.07) is 13.2. The molecule has 0 radical (unpaired) electrons. The van der Waals surface area contributed by atoms with Gasteiger partial charge in [-0.25, -0.2) is 13.6 Å². The molecule has 0 aliphatic carbocycles. The van der Waals surface area contributed by atoms with E-state index in [4.69, 9.17) is 9.88 Å². The van der Waals surface area contributed by atoms with Crippen molar-refractivity contribution in [3.05, 3.63) is 59.7 Å². The van der Waals surface area contributed by atoms with Gasteiger partial charge in [0, 0.05) is 19.5 Å². The van der Waals surface area contributed by atoms with Crippen LogP contribution in [0.5, 0.6) is 5.75 Å². The van der Waals surface area contributed by atoms with Crippen LogP contribution in [0.15, 0.2) is 53.4 Å². The van der Waals surface area contributed by atoms with E-state index < -0.39 is 15.9 Å². The molecule has 0 spiro atoms. The molecule has 0 saturated carbocycles. The van der Waals surface area contributed by atoms with Crippen LogP contribution in [0.2, 0.25) is 0 Å². The van der Waals surface area contributed by atoms with Gasteiger partial charge in [0.05, 0.1) is 24.0 Å². The number of methoxy groups -OCH3 is 1. The Kier molecular flexibility index (Phi) is 8.10. The molecule has 2 aromatic carbocycles. The predicted octanol–water partition coefficient (Wildman–Crippen LogP) is 2.74. The standard InChI is InChI=1S/C24H31N3O5S/c1-3-4-15-27-22(28)14-13-21(23(27)18-7-9-19(32-2)10-8-18)24(29)26-16-17-5-11-20(12-6-17)33(25,30)31/h5-12,21,23H,3-4,13-16H2,1-2H3,(H,26,29)(H2,25,30,31)/t21-,23+/m0/s1. The van der Waals surface area contributed by atoms with Crippen LogP contribution in [0.1, 0.15) is 49.8 Å². The highest BCUT2D eigenvalue weighted by atomic mass is 32.2. The molecule has 3 N–H and O–H groups in total. The Morgan fingerprint density at radius 1 is 1.15 bits per heavy atom. The number of hydrogen-bond donors (Lipinski definition) is 2. The van der Waals surface area contributed by atoms with E-state index >= 15 is 0 Å². The molecule has 33 heavy (non-hydrogen) atoms. The van der Waals surface area contributed by atoms with Crippen LogP contribution in [0.3, 0.4) is 0 Å². The van der Waals surface area contributed by atoms with E-state index in [2.05, 4.69) is 12.2 Å². The third kappa shape index (κ3) is 6.11. The fourth-order valence-corrected chi connectivity index (χ4v) is 4.67. The lowest BCUT2D eigenvalue weighted by Crippen LogP contribution is -2.48. The van der Waals surface area contributed by atoms with E-state index in [1.54, 1.807) is 19.2 Å². The number of piperidine rings is 1. The fraction of sp³-hybridized carbons (Fsp3) is 0.417. The molecule has 9 heteroatoms. The Hall–Kier alpha value is -2.91. The lowest BCUT2D eigenvalue weighted by molar-refractivity contribution is -0.143. The van der Waals surface area contributed by atoms with E-state index in [1.807, 2.05) is 29.2 Å². The molecular formula is C24H31N3O5S. The number of amides is 2. The van der Waals surface area contributed by atoms with Crippen molar-refractivity contribution < 1.29 is 22.7 Å². The molecule has 1 heterocycles. The average molecular weight is 474 g/mol. The Morgan fingerprint density at radius 2 is 1.82 bits per heavy atom. The highest BCUT2D eigenvalue weighted by molar-refractivity contribution is 7.89. The van der Waals surface area contributed by atoms with Crippen molar-refractivity contribution in [2.75, 3.05) is 13.7 Å². The van der Waals surface area contributed by atoms with Gasteiger partial charge in [-0.15, -0.1) is 0 Å². The van der Waals surface area contributed by atoms with Gasteiger partial charge in [-0.05, 0) is 48.2 Å². The number of carbonyl (C=O) groups is 2. The molecule has 8 nitrogen and oxygen atoms in total. The fourth-order valence-electron chi connectivity index (χ4n) is 4.15. The number of sulfonamides is 1. The molecule has 1 aliphatic rings. The van der Waals surface area contributed by atoms with E-state index in [0.29, 0.717) is 25.1 Å². The van der Waals surface area contributed by atoms with Crippen molar-refractivity contribution in [3.63, 3.8) is 0 Å². The Labute approximate surface area is 195 Å². The molecule has 1 saturated heterocycles. The zero-order valence-electron chi connectivity index (χ0n) is 19.0. The van der Waals surface area contributed by atoms with Crippen molar-refractivity contribution in [1.29, 1.82) is 0 Å². The summed E-state index contributed by atoms with van der Waals surface area (Å²) in [7, 11) is -2.17. The summed E-state index contributed by atoms with van der Waals surface area (Å²) in [5.41, 5.74) is 1.66. The zero-order valence-corrected chi connectivity index (χ0v) is 19.8. The van der Waals surface area contributed by atoms with Crippen molar-refractivity contribution in [3.8, 4) is 5.75 Å². The van der Waals surface area contributed by atoms with Crippen LogP contribution < -0.4 is 15.2 Å². The largest absolute Gasteiger partial charge is 0.497 e. The Bertz CT molecular complexity index is 1070. The molecule has 2 aromatic rings. The summed E-state index contributed by atoms with van der Waals surface area (Å²) in [6.45, 7) is 2.92. The van der Waals surface area contributed by atoms with E-state index in [0.717, 1.165) is 24.0 Å². The van der Waals surface area contributed by atoms with Crippen LogP contribution in [-0.4, -0.2) is 38.8 Å². The van der Waals surface area contributed by atoms with Gasteiger partial charge in [-0.1, -0.05) is 37.6 Å². The number of nitrogens with zero attached hydrogens (tertiary/aromatic N) is 1. The van der Waals surface area contributed by atoms with Gasteiger partial charge < -0.3 is 15.0 Å². The first-order valence-corrected chi connectivity index (χ1v) is 12.6. The van der Waals surface area contributed by atoms with Gasteiger partial charge in [0.15, 0.2) is 0 Å². The zero-order chi connectivity index (χ0) is 24.0. The highest BCUT2D eigenvalue weighted by Gasteiger charge is 2.40. The van der Waals surface area contributed by atoms with Crippen LogP contribution in [0.4, 0.5) is 0 Å². The lowest BCUT2D eigenvalue weighted by Gasteiger charge is -2.41. The average Bonchev–Trinajstić information content (AvgIpc) is 2.81. The summed E-state index contributed by atoms with van der Waals surface area (Å²) < 4.78 is 28.1. The lowest BCUT2D eigenvalue weighted by atomic mass is 9.83. The number of carbonyl (C=O) groups excluding carboxylic acids is 2. The molecule has 1 aliphatic heterocycles. The van der Waals surface area contributed by atoms with Crippen LogP contribution in [0, 0.1) is 5.92 Å². The second kappa shape index (κ2) is 10.8. The van der Waals surface area contributed by atoms with Crippen molar-refractivity contribution in [2.45, 2.75) is 50.1 Å². The monoisotopic (exact) mass is 473 g/mol. The SMILES string of the molecule is CCCCN1C(=O)CC[C@H](C(=O)NCc2ccc(S(N)(=O)=O)cc2)[C@H]1c1ccc(OC)cc1. The minimum absolute atomic E-state index is 0.0227. The Balaban J connectivity index is 1.79. The summed E-state index contributed by atoms with van der Waals surface area (Å²) in [5.74, 6) is 0.244. The molecule has 178 valence electrons. The van der Waals surface area contributed by atoms with Crippen molar-refractivity contribution >= 4 is 21.8 Å². The second-order valence-electron chi connectivity index (χ2n) is 8.21. The maximum atomic E-state index is 13.2. The first-order chi connectivity index (χ1) is 15.7. The van der Waals surface area contributed by atoms with Gasteiger partial charge in [0.25, 0.3) is 0 Å². The maximum Gasteiger partial charge on any atom is 0.238 e. The third-order valence-corrected chi connectivity index (χ3v) is 6.90. The Morgan fingerprint density at radius 3 is 2.39 bits per heavy atom. The van der Waals surface area contributed by atoms with E-state index in [-0.39, 0.29) is 29.3 Å². The third-order valence-electron chi connectivity index (χ3n) is 5.97. The summed E-state index contributed by atoms with van der Waals surface area (Å²) in [5, 5.41) is 8.09. The normalized spacial score (nSPS) is 18.8. The van der Waals surface area contributed by atoms with Gasteiger partial charge >= 0.3 is 0 Å². The van der Waals surface area contributed by atoms with Crippen molar-refractivity contribution in [1.82, 2.24) is 10.2 Å². The highest BCUT2D eigenvalue weighted by Crippen LogP contribution is 2.37. The molecule has 3 rings (SSSR count). The smallest absolute Gasteiger partial charge is 0.238 e. The summed E-state index contributed by atoms with van der Waals surface area (Å²) in [4.78, 5) is 27.9. The van der Waals surface area contributed by atoms with Gasteiger partial charge in [-0.3, -0.25) is 9.59 Å². The number of unbranched alkanes of at least 4 members (excludes halogenated alkanes) is 1. The van der Waals surface area contributed by atoms with Crippen molar-refractivity contribution in [2.24, 2.45) is 11.1 Å². The number of rotatable bonds is 9. The van der Waals surface area contributed by atoms with Gasteiger partial charge in [0.2, 0.25) is 21.8 Å². The first kappa shape index (κ1) is 24.7. The summed E-state index contributed by atoms with van der Waals surface area (Å²) in [6.07, 6.45) is 2.61. The number of primary sulfonamides is 1. The number of ether oxygens (including phenoxy) is 1. The molecule has 2 atom stereocenters. The van der Waals surface area contributed by atoms with E-state index in [1.165, 1.54) is 12.1 Å².